The van der Waals surface area contributed by atoms with Gasteiger partial charge in [-0.3, -0.25) is 28.9 Å². The number of nitrogens with two attached hydrogens (primary N) is 1. The lowest BCUT2D eigenvalue weighted by Crippen LogP contribution is -2.49. The monoisotopic (exact) mass is 454 g/mol. The molecule has 0 aliphatic rings. The van der Waals surface area contributed by atoms with E-state index in [4.69, 9.17) is 5.73 Å². The molecular weight excluding hydrogens is 412 g/mol. The number of rotatable bonds is 19. The summed E-state index contributed by atoms with van der Waals surface area (Å²) in [6.45, 7) is 7.69. The van der Waals surface area contributed by atoms with Crippen molar-refractivity contribution in [2.24, 2.45) is 5.73 Å². The number of hydrogen-bond donors (Lipinski definition) is 3. The van der Waals surface area contributed by atoms with Crippen molar-refractivity contribution in [3.8, 4) is 0 Å². The summed E-state index contributed by atoms with van der Waals surface area (Å²) in [4.78, 5) is 60.8. The van der Waals surface area contributed by atoms with Crippen molar-refractivity contribution in [3.05, 3.63) is 0 Å². The van der Waals surface area contributed by atoms with Crippen LogP contribution < -0.4 is 16.4 Å². The van der Waals surface area contributed by atoms with Gasteiger partial charge in [-0.1, -0.05) is 26.7 Å². The first-order chi connectivity index (χ1) is 15.1. The smallest absolute Gasteiger partial charge is 0.238 e. The van der Waals surface area contributed by atoms with E-state index >= 15 is 0 Å². The summed E-state index contributed by atoms with van der Waals surface area (Å²) in [5.41, 5.74) is 5.74. The third-order valence-electron chi connectivity index (χ3n) is 4.88. The number of unbranched alkanes of at least 4 members (excludes halogenated alkanes) is 3. The van der Waals surface area contributed by atoms with Gasteiger partial charge in [-0.05, 0) is 26.7 Å². The Morgan fingerprint density at radius 3 is 1.78 bits per heavy atom. The van der Waals surface area contributed by atoms with E-state index < -0.39 is 6.04 Å². The molecule has 2 amide bonds. The third-order valence-corrected chi connectivity index (χ3v) is 4.88. The van der Waals surface area contributed by atoms with Gasteiger partial charge in [0.25, 0.3) is 0 Å². The van der Waals surface area contributed by atoms with Crippen LogP contribution in [0.2, 0.25) is 0 Å². The van der Waals surface area contributed by atoms with Crippen LogP contribution >= 0.6 is 0 Å². The largest absolute Gasteiger partial charge is 0.354 e. The lowest BCUT2D eigenvalue weighted by molar-refractivity contribution is -0.126. The summed E-state index contributed by atoms with van der Waals surface area (Å²) in [6, 6.07) is -0.774. The highest BCUT2D eigenvalue weighted by atomic mass is 16.2. The molecular formula is C23H42N4O5. The number of nitrogens with one attached hydrogen (secondary N) is 2. The van der Waals surface area contributed by atoms with Crippen LogP contribution in [0, 0.1) is 0 Å². The minimum absolute atomic E-state index is 0.00290. The summed E-state index contributed by atoms with van der Waals surface area (Å²) in [5.74, 6) is -0.389. The number of nitrogens with zero attached hydrogens (tertiary/aromatic N) is 1. The summed E-state index contributed by atoms with van der Waals surface area (Å²) in [7, 11) is 0. The van der Waals surface area contributed by atoms with Gasteiger partial charge < -0.3 is 16.4 Å². The predicted octanol–water partition coefficient (Wildman–Crippen LogP) is 1.12. The molecule has 184 valence electrons. The molecule has 9 nitrogen and oxygen atoms in total. The Morgan fingerprint density at radius 1 is 0.781 bits per heavy atom. The van der Waals surface area contributed by atoms with Crippen molar-refractivity contribution < 1.29 is 24.0 Å². The average Bonchev–Trinajstić information content (AvgIpc) is 2.73. The predicted molar refractivity (Wildman–Crippen MR) is 124 cm³/mol. The molecule has 32 heavy (non-hydrogen) atoms. The molecule has 0 rings (SSSR count). The average molecular weight is 455 g/mol. The zero-order valence-electron chi connectivity index (χ0n) is 20.2. The Kier molecular flexibility index (Phi) is 16.3. The van der Waals surface area contributed by atoms with Gasteiger partial charge in [0.05, 0.1) is 19.6 Å². The molecule has 0 aliphatic heterocycles. The Labute approximate surface area is 192 Å². The second kappa shape index (κ2) is 17.4. The summed E-state index contributed by atoms with van der Waals surface area (Å²) in [5, 5.41) is 5.37. The van der Waals surface area contributed by atoms with E-state index in [0.717, 1.165) is 12.8 Å². The lowest BCUT2D eigenvalue weighted by Gasteiger charge is -2.19. The molecule has 0 aromatic carbocycles. The van der Waals surface area contributed by atoms with Gasteiger partial charge in [-0.2, -0.15) is 0 Å². The highest BCUT2D eigenvalue weighted by Gasteiger charge is 2.17. The molecule has 0 bridgehead atoms. The first kappa shape index (κ1) is 29.9. The van der Waals surface area contributed by atoms with Gasteiger partial charge in [-0.25, -0.2) is 0 Å². The zero-order valence-corrected chi connectivity index (χ0v) is 20.2. The maximum absolute atomic E-state index is 12.2. The van der Waals surface area contributed by atoms with Gasteiger partial charge in [0.1, 0.15) is 23.4 Å². The standard InChI is InChI=1S/C23H42N4O5/c1-5-18(28)14-27(15-19(29)6-2)16-20(30)11-9-7-8-10-12-22(31)25-13-21(24)23(32)26-17(3)4/h17,21H,5-16,24H2,1-4H3,(H,25,31)(H,26,32)/t21-/m1/s1. The van der Waals surface area contributed by atoms with Crippen molar-refractivity contribution in [2.45, 2.75) is 91.1 Å². The number of carbonyl (C=O) groups excluding carboxylic acids is 5. The van der Waals surface area contributed by atoms with Crippen LogP contribution in [0.25, 0.3) is 0 Å². The first-order valence-corrected chi connectivity index (χ1v) is 11.7. The van der Waals surface area contributed by atoms with E-state index in [2.05, 4.69) is 10.6 Å². The third kappa shape index (κ3) is 15.6. The normalized spacial score (nSPS) is 12.0. The number of Topliss-reactive ketones (excluding diaryl/α,β-unsaturated/α-hetero) is 3. The highest BCUT2D eigenvalue weighted by Crippen LogP contribution is 2.07. The van der Waals surface area contributed by atoms with Crippen LogP contribution in [0.3, 0.4) is 0 Å². The zero-order chi connectivity index (χ0) is 24.5. The van der Waals surface area contributed by atoms with Crippen molar-refractivity contribution in [1.29, 1.82) is 0 Å². The van der Waals surface area contributed by atoms with Crippen molar-refractivity contribution in [3.63, 3.8) is 0 Å². The second-order valence-corrected chi connectivity index (χ2v) is 8.46. The Hall–Kier alpha value is -2.13. The molecule has 0 heterocycles. The van der Waals surface area contributed by atoms with Crippen molar-refractivity contribution >= 4 is 29.2 Å². The Morgan fingerprint density at radius 2 is 1.28 bits per heavy atom. The van der Waals surface area contributed by atoms with Crippen LogP contribution in [0.5, 0.6) is 0 Å². The van der Waals surface area contributed by atoms with E-state index in [1.165, 1.54) is 0 Å². The number of carbonyl (C=O) groups is 5. The first-order valence-electron chi connectivity index (χ1n) is 11.7. The molecule has 0 saturated carbocycles. The molecule has 0 fully saturated rings. The number of ketones is 3. The quantitative estimate of drug-likeness (QED) is 0.249. The molecule has 4 N–H and O–H groups in total. The minimum Gasteiger partial charge on any atom is -0.354 e. The Balaban J connectivity index is 4.02. The maximum atomic E-state index is 12.2. The van der Waals surface area contributed by atoms with Crippen LogP contribution in [0.1, 0.15) is 79.1 Å². The van der Waals surface area contributed by atoms with Crippen molar-refractivity contribution in [2.75, 3.05) is 26.2 Å². The molecule has 1 atom stereocenters. The molecule has 0 aromatic heterocycles. The van der Waals surface area contributed by atoms with E-state index in [1.54, 1.807) is 18.7 Å². The van der Waals surface area contributed by atoms with Crippen LogP contribution in [0.15, 0.2) is 0 Å². The Bertz CT molecular complexity index is 604. The SMILES string of the molecule is CCC(=O)CN(CC(=O)CC)CC(=O)CCCCCCC(=O)NC[C@@H](N)C(=O)NC(C)C. The fourth-order valence-electron chi connectivity index (χ4n) is 2.98. The summed E-state index contributed by atoms with van der Waals surface area (Å²) < 4.78 is 0. The van der Waals surface area contributed by atoms with Gasteiger partial charge in [0, 0.05) is 38.3 Å². The molecule has 0 aromatic rings. The molecule has 0 radical (unpaired) electrons. The number of hydrogen-bond acceptors (Lipinski definition) is 7. The van der Waals surface area contributed by atoms with Crippen LogP contribution in [-0.4, -0.2) is 72.3 Å². The fraction of sp³-hybridized carbons (Fsp3) is 0.783. The topological polar surface area (TPSA) is 139 Å². The van der Waals surface area contributed by atoms with Gasteiger partial charge in [-0.15, -0.1) is 0 Å². The molecule has 0 saturated heterocycles. The minimum atomic E-state index is -0.771. The maximum Gasteiger partial charge on any atom is 0.238 e. The van der Waals surface area contributed by atoms with E-state index in [0.29, 0.717) is 38.5 Å². The number of amides is 2. The molecule has 9 heteroatoms. The van der Waals surface area contributed by atoms with Gasteiger partial charge in [0.15, 0.2) is 0 Å². The van der Waals surface area contributed by atoms with E-state index in [-0.39, 0.29) is 61.4 Å². The molecule has 0 unspecified atom stereocenters. The van der Waals surface area contributed by atoms with E-state index in [1.807, 2.05) is 13.8 Å². The van der Waals surface area contributed by atoms with E-state index in [9.17, 15) is 24.0 Å². The summed E-state index contributed by atoms with van der Waals surface area (Å²) >= 11 is 0. The van der Waals surface area contributed by atoms with Crippen LogP contribution in [0.4, 0.5) is 0 Å². The van der Waals surface area contributed by atoms with Crippen molar-refractivity contribution in [1.82, 2.24) is 15.5 Å². The summed E-state index contributed by atoms with van der Waals surface area (Å²) in [6.07, 6.45) is 4.53. The van der Waals surface area contributed by atoms with Gasteiger partial charge in [0.2, 0.25) is 11.8 Å². The molecule has 0 aliphatic carbocycles. The second-order valence-electron chi connectivity index (χ2n) is 8.46. The fourth-order valence-corrected chi connectivity index (χ4v) is 2.98. The van der Waals surface area contributed by atoms with Crippen LogP contribution in [-0.2, 0) is 24.0 Å². The lowest BCUT2D eigenvalue weighted by atomic mass is 10.1. The van der Waals surface area contributed by atoms with Gasteiger partial charge >= 0.3 is 0 Å². The highest BCUT2D eigenvalue weighted by molar-refractivity contribution is 5.86. The molecule has 0 spiro atoms.